The largest absolute Gasteiger partial charge is 0.497 e. The van der Waals surface area contributed by atoms with Crippen LogP contribution in [0.1, 0.15) is 17.5 Å². The highest BCUT2D eigenvalue weighted by atomic mass is 16.7. The number of nitrogens with zero attached hydrogens (tertiary/aromatic N) is 1. The average molecular weight is 305 g/mol. The lowest BCUT2D eigenvalue weighted by Crippen LogP contribution is -2.26. The minimum Gasteiger partial charge on any atom is -0.497 e. The normalized spacial score (nSPS) is 10.7. The van der Waals surface area contributed by atoms with Crippen LogP contribution in [0.25, 0.3) is 11.0 Å². The second kappa shape index (κ2) is 6.62. The predicted octanol–water partition coefficient (Wildman–Crippen LogP) is 2.06. The maximum Gasteiger partial charge on any atom is 0.339 e. The summed E-state index contributed by atoms with van der Waals surface area (Å²) in [6, 6.07) is 5.33. The molecule has 1 heterocycles. The molecule has 0 saturated heterocycles. The molecule has 0 bridgehead atoms. The molecule has 0 spiro atoms. The molecule has 2 rings (SSSR count). The third-order valence-electron chi connectivity index (χ3n) is 3.71. The highest BCUT2D eigenvalue weighted by Crippen LogP contribution is 2.24. The highest BCUT2D eigenvalue weighted by molar-refractivity contribution is 5.82. The minimum absolute atomic E-state index is 0.178. The first-order valence-electron chi connectivity index (χ1n) is 6.89. The molecule has 6 nitrogen and oxygen atoms in total. The van der Waals surface area contributed by atoms with E-state index in [0.717, 1.165) is 16.0 Å². The van der Waals surface area contributed by atoms with Gasteiger partial charge in [0.25, 0.3) is 0 Å². The third-order valence-corrected chi connectivity index (χ3v) is 3.71. The fourth-order valence-electron chi connectivity index (χ4n) is 2.28. The van der Waals surface area contributed by atoms with Crippen LogP contribution >= 0.6 is 0 Å². The number of hydrogen-bond donors (Lipinski definition) is 0. The van der Waals surface area contributed by atoms with E-state index in [-0.39, 0.29) is 12.3 Å². The number of rotatable bonds is 5. The van der Waals surface area contributed by atoms with Crippen LogP contribution in [0.4, 0.5) is 0 Å². The summed E-state index contributed by atoms with van der Waals surface area (Å²) in [5, 5.41) is 1.98. The van der Waals surface area contributed by atoms with Crippen molar-refractivity contribution >= 4 is 16.9 Å². The topological polar surface area (TPSA) is 69.0 Å². The zero-order valence-corrected chi connectivity index (χ0v) is 13.1. The molecule has 0 unspecified atom stereocenters. The number of amides is 1. The Labute approximate surface area is 128 Å². The van der Waals surface area contributed by atoms with E-state index in [1.165, 1.54) is 14.2 Å². The average Bonchev–Trinajstić information content (AvgIpc) is 2.52. The zero-order chi connectivity index (χ0) is 16.3. The van der Waals surface area contributed by atoms with Gasteiger partial charge in [-0.3, -0.25) is 9.63 Å². The van der Waals surface area contributed by atoms with Crippen LogP contribution in [0.15, 0.2) is 27.4 Å². The van der Waals surface area contributed by atoms with Gasteiger partial charge in [-0.25, -0.2) is 9.86 Å². The van der Waals surface area contributed by atoms with Gasteiger partial charge in [0.1, 0.15) is 11.3 Å². The quantitative estimate of drug-likeness (QED) is 0.625. The fourth-order valence-corrected chi connectivity index (χ4v) is 2.28. The molecule has 1 aromatic heterocycles. The van der Waals surface area contributed by atoms with Crippen molar-refractivity contribution in [3.8, 4) is 5.75 Å². The van der Waals surface area contributed by atoms with Crippen LogP contribution in [0.5, 0.6) is 5.75 Å². The van der Waals surface area contributed by atoms with Crippen molar-refractivity contribution in [1.29, 1.82) is 0 Å². The molecular formula is C16H19NO5. The van der Waals surface area contributed by atoms with Gasteiger partial charge in [-0.15, -0.1) is 0 Å². The van der Waals surface area contributed by atoms with Gasteiger partial charge >= 0.3 is 5.63 Å². The standard InChI is InChI=1S/C16H19NO5/c1-10-12-6-5-11(20-3)9-14(12)22-16(19)13(10)7-8-15(18)17(2)21-4/h5-6,9H,7-8H2,1-4H3. The number of ether oxygens (including phenoxy) is 1. The van der Waals surface area contributed by atoms with Crippen molar-refractivity contribution in [3.63, 3.8) is 0 Å². The molecule has 1 aromatic carbocycles. The lowest BCUT2D eigenvalue weighted by Gasteiger charge is -2.14. The molecule has 0 N–H and O–H groups in total. The molecule has 22 heavy (non-hydrogen) atoms. The van der Waals surface area contributed by atoms with Gasteiger partial charge in [0.15, 0.2) is 0 Å². The second-order valence-corrected chi connectivity index (χ2v) is 4.93. The van der Waals surface area contributed by atoms with Crippen molar-refractivity contribution in [3.05, 3.63) is 39.7 Å². The summed E-state index contributed by atoms with van der Waals surface area (Å²) >= 11 is 0. The van der Waals surface area contributed by atoms with Crippen molar-refractivity contribution in [2.24, 2.45) is 0 Å². The van der Waals surface area contributed by atoms with Gasteiger partial charge in [-0.05, 0) is 31.0 Å². The second-order valence-electron chi connectivity index (χ2n) is 4.93. The fraction of sp³-hybridized carbons (Fsp3) is 0.375. The van der Waals surface area contributed by atoms with Gasteiger partial charge in [0.05, 0.1) is 14.2 Å². The maximum absolute atomic E-state index is 12.1. The summed E-state index contributed by atoms with van der Waals surface area (Å²) in [6.45, 7) is 1.85. The Bertz CT molecular complexity index is 750. The summed E-state index contributed by atoms with van der Waals surface area (Å²) < 4.78 is 10.5. The lowest BCUT2D eigenvalue weighted by molar-refractivity contribution is -0.168. The van der Waals surface area contributed by atoms with Gasteiger partial charge < -0.3 is 9.15 Å². The van der Waals surface area contributed by atoms with E-state index in [4.69, 9.17) is 14.0 Å². The van der Waals surface area contributed by atoms with Crippen molar-refractivity contribution < 1.29 is 18.8 Å². The summed E-state index contributed by atoms with van der Waals surface area (Å²) in [7, 11) is 4.50. The Morgan fingerprint density at radius 1 is 1.32 bits per heavy atom. The van der Waals surface area contributed by atoms with Crippen LogP contribution in [0, 0.1) is 6.92 Å². The van der Waals surface area contributed by atoms with E-state index in [1.807, 2.05) is 19.1 Å². The number of carbonyl (C=O) groups excluding carboxylic acids is 1. The number of fused-ring (bicyclic) bond motifs is 1. The van der Waals surface area contributed by atoms with Crippen LogP contribution in [0.2, 0.25) is 0 Å². The van der Waals surface area contributed by atoms with E-state index in [2.05, 4.69) is 0 Å². The Morgan fingerprint density at radius 2 is 2.05 bits per heavy atom. The maximum atomic E-state index is 12.1. The first-order valence-corrected chi connectivity index (χ1v) is 6.89. The van der Waals surface area contributed by atoms with Gasteiger partial charge in [0.2, 0.25) is 5.91 Å². The number of benzene rings is 1. The molecule has 0 saturated carbocycles. The molecule has 6 heteroatoms. The van der Waals surface area contributed by atoms with E-state index in [0.29, 0.717) is 23.3 Å². The minimum atomic E-state index is -0.425. The van der Waals surface area contributed by atoms with Gasteiger partial charge in [-0.2, -0.15) is 0 Å². The van der Waals surface area contributed by atoms with Crippen LogP contribution in [-0.2, 0) is 16.1 Å². The third kappa shape index (κ3) is 3.12. The molecule has 1 amide bonds. The predicted molar refractivity (Wildman–Crippen MR) is 81.9 cm³/mol. The Hall–Kier alpha value is -2.34. The molecule has 0 aliphatic carbocycles. The van der Waals surface area contributed by atoms with Crippen LogP contribution in [0.3, 0.4) is 0 Å². The van der Waals surface area contributed by atoms with Gasteiger partial charge in [-0.1, -0.05) is 0 Å². The summed E-state index contributed by atoms with van der Waals surface area (Å²) in [6.07, 6.45) is 0.486. The number of methoxy groups -OCH3 is 1. The first kappa shape index (κ1) is 16.0. The Morgan fingerprint density at radius 3 is 2.68 bits per heavy atom. The summed E-state index contributed by atoms with van der Waals surface area (Å²) in [4.78, 5) is 28.7. The van der Waals surface area contributed by atoms with Crippen molar-refractivity contribution in [1.82, 2.24) is 5.06 Å². The van der Waals surface area contributed by atoms with E-state index >= 15 is 0 Å². The van der Waals surface area contributed by atoms with Crippen molar-refractivity contribution in [2.45, 2.75) is 19.8 Å². The highest BCUT2D eigenvalue weighted by Gasteiger charge is 2.15. The molecule has 0 aliphatic heterocycles. The Balaban J connectivity index is 2.35. The number of aryl methyl sites for hydroxylation is 1. The number of hydrogen-bond acceptors (Lipinski definition) is 5. The zero-order valence-electron chi connectivity index (χ0n) is 13.1. The van der Waals surface area contributed by atoms with E-state index in [1.54, 1.807) is 13.2 Å². The molecular weight excluding hydrogens is 286 g/mol. The van der Waals surface area contributed by atoms with Gasteiger partial charge in [0, 0.05) is 30.5 Å². The molecule has 0 radical (unpaired) electrons. The van der Waals surface area contributed by atoms with Crippen molar-refractivity contribution in [2.75, 3.05) is 21.3 Å². The number of hydroxylamine groups is 2. The molecule has 0 fully saturated rings. The monoisotopic (exact) mass is 305 g/mol. The Kier molecular flexibility index (Phi) is 4.82. The van der Waals surface area contributed by atoms with Crippen LogP contribution in [-0.4, -0.2) is 32.2 Å². The van der Waals surface area contributed by atoms with Crippen LogP contribution < -0.4 is 10.4 Å². The molecule has 118 valence electrons. The van der Waals surface area contributed by atoms with E-state index in [9.17, 15) is 9.59 Å². The number of carbonyl (C=O) groups is 1. The summed E-state index contributed by atoms with van der Waals surface area (Å²) in [5.41, 5.74) is 1.38. The summed E-state index contributed by atoms with van der Waals surface area (Å²) in [5.74, 6) is 0.427. The SMILES string of the molecule is COc1ccc2c(C)c(CCC(=O)N(C)OC)c(=O)oc2c1. The molecule has 2 aromatic rings. The first-order chi connectivity index (χ1) is 10.5. The smallest absolute Gasteiger partial charge is 0.339 e. The molecule has 0 aliphatic rings. The van der Waals surface area contributed by atoms with E-state index < -0.39 is 5.63 Å². The lowest BCUT2D eigenvalue weighted by atomic mass is 10.0. The molecule has 0 atom stereocenters.